The number of aryl methyl sites for hydroxylation is 1. The lowest BCUT2D eigenvalue weighted by atomic mass is 10.1. The number of hydrogen-bond acceptors (Lipinski definition) is 3. The molecule has 0 saturated carbocycles. The van der Waals surface area contributed by atoms with E-state index in [-0.39, 0.29) is 11.9 Å². The van der Waals surface area contributed by atoms with Gasteiger partial charge in [0, 0.05) is 23.5 Å². The van der Waals surface area contributed by atoms with E-state index in [2.05, 4.69) is 22.6 Å². The van der Waals surface area contributed by atoms with Crippen molar-refractivity contribution in [3.63, 3.8) is 0 Å². The molecule has 0 radical (unpaired) electrons. The highest BCUT2D eigenvalue weighted by Gasteiger charge is 2.10. The number of nitrogens with one attached hydrogen (secondary N) is 1. The molecule has 4 heteroatoms. The fraction of sp³-hybridized carbons (Fsp3) is 0.357. The van der Waals surface area contributed by atoms with Crippen LogP contribution in [0.1, 0.15) is 36.2 Å². The SMILES string of the molecule is CCc1nc(CN[C@H](C)c2ccccc2F)cs1. The van der Waals surface area contributed by atoms with Crippen molar-refractivity contribution < 1.29 is 4.39 Å². The maximum Gasteiger partial charge on any atom is 0.127 e. The van der Waals surface area contributed by atoms with Gasteiger partial charge in [-0.05, 0) is 19.4 Å². The van der Waals surface area contributed by atoms with Crippen molar-refractivity contribution in [1.82, 2.24) is 10.3 Å². The molecule has 0 fully saturated rings. The zero-order valence-electron chi connectivity index (χ0n) is 10.6. The van der Waals surface area contributed by atoms with Crippen molar-refractivity contribution in [3.8, 4) is 0 Å². The van der Waals surface area contributed by atoms with Gasteiger partial charge in [-0.15, -0.1) is 11.3 Å². The highest BCUT2D eigenvalue weighted by Crippen LogP contribution is 2.17. The summed E-state index contributed by atoms with van der Waals surface area (Å²) in [6.07, 6.45) is 0.966. The molecular formula is C14H17FN2S. The maximum absolute atomic E-state index is 13.6. The summed E-state index contributed by atoms with van der Waals surface area (Å²) in [4.78, 5) is 4.48. The molecule has 2 nitrogen and oxygen atoms in total. The normalized spacial score (nSPS) is 12.6. The van der Waals surface area contributed by atoms with E-state index >= 15 is 0 Å². The van der Waals surface area contributed by atoms with E-state index in [0.29, 0.717) is 12.1 Å². The van der Waals surface area contributed by atoms with Gasteiger partial charge in [-0.2, -0.15) is 0 Å². The molecule has 96 valence electrons. The molecule has 0 saturated heterocycles. The van der Waals surface area contributed by atoms with E-state index in [9.17, 15) is 4.39 Å². The second-order valence-electron chi connectivity index (χ2n) is 4.21. The van der Waals surface area contributed by atoms with Crippen LogP contribution in [0.3, 0.4) is 0 Å². The van der Waals surface area contributed by atoms with Gasteiger partial charge in [0.1, 0.15) is 5.82 Å². The van der Waals surface area contributed by atoms with Crippen molar-refractivity contribution in [3.05, 3.63) is 51.7 Å². The van der Waals surface area contributed by atoms with Crippen molar-refractivity contribution in [1.29, 1.82) is 0 Å². The van der Waals surface area contributed by atoms with Crippen molar-refractivity contribution in [2.24, 2.45) is 0 Å². The minimum Gasteiger partial charge on any atom is -0.304 e. The Balaban J connectivity index is 1.96. The number of hydrogen-bond donors (Lipinski definition) is 1. The smallest absolute Gasteiger partial charge is 0.127 e. The molecule has 0 aliphatic carbocycles. The number of thiazole rings is 1. The van der Waals surface area contributed by atoms with Gasteiger partial charge in [0.2, 0.25) is 0 Å². The summed E-state index contributed by atoms with van der Waals surface area (Å²) < 4.78 is 13.6. The number of aromatic nitrogens is 1. The van der Waals surface area contributed by atoms with Crippen LogP contribution in [-0.4, -0.2) is 4.98 Å². The van der Waals surface area contributed by atoms with Crippen LogP contribution in [0.5, 0.6) is 0 Å². The third-order valence-electron chi connectivity index (χ3n) is 2.86. The fourth-order valence-electron chi connectivity index (χ4n) is 1.79. The molecule has 0 spiro atoms. The Morgan fingerprint density at radius 1 is 1.39 bits per heavy atom. The van der Waals surface area contributed by atoms with Crippen LogP contribution in [0, 0.1) is 5.82 Å². The van der Waals surface area contributed by atoms with Crippen LogP contribution in [0.15, 0.2) is 29.6 Å². The molecule has 2 aromatic rings. The highest BCUT2D eigenvalue weighted by molar-refractivity contribution is 7.09. The molecule has 1 atom stereocenters. The predicted octanol–water partition coefficient (Wildman–Crippen LogP) is 3.70. The summed E-state index contributed by atoms with van der Waals surface area (Å²) in [6.45, 7) is 4.73. The Kier molecular flexibility index (Phi) is 4.44. The molecular weight excluding hydrogens is 247 g/mol. The Hall–Kier alpha value is -1.26. The van der Waals surface area contributed by atoms with Gasteiger partial charge in [-0.25, -0.2) is 9.37 Å². The molecule has 18 heavy (non-hydrogen) atoms. The van der Waals surface area contributed by atoms with Crippen LogP contribution in [-0.2, 0) is 13.0 Å². The van der Waals surface area contributed by atoms with Crippen molar-refractivity contribution in [2.45, 2.75) is 32.9 Å². The summed E-state index contributed by atoms with van der Waals surface area (Å²) >= 11 is 1.67. The standard InChI is InChI=1S/C14H17FN2S/c1-3-14-17-11(9-18-14)8-16-10(2)12-6-4-5-7-13(12)15/h4-7,9-10,16H,3,8H2,1-2H3/t10-/m1/s1. The third-order valence-corrected chi connectivity index (χ3v) is 3.90. The molecule has 0 amide bonds. The van der Waals surface area contributed by atoms with Gasteiger partial charge in [-0.1, -0.05) is 25.1 Å². The quantitative estimate of drug-likeness (QED) is 0.890. The molecule has 1 heterocycles. The molecule has 1 aromatic heterocycles. The van der Waals surface area contributed by atoms with Crippen molar-refractivity contribution >= 4 is 11.3 Å². The van der Waals surface area contributed by atoms with Crippen LogP contribution < -0.4 is 5.32 Å². The minimum atomic E-state index is -0.162. The second-order valence-corrected chi connectivity index (χ2v) is 5.15. The third kappa shape index (κ3) is 3.15. The lowest BCUT2D eigenvalue weighted by molar-refractivity contribution is 0.525. The van der Waals surface area contributed by atoms with E-state index in [4.69, 9.17) is 0 Å². The van der Waals surface area contributed by atoms with E-state index in [1.54, 1.807) is 17.4 Å². The Morgan fingerprint density at radius 3 is 2.83 bits per heavy atom. The first-order valence-electron chi connectivity index (χ1n) is 6.11. The average molecular weight is 264 g/mol. The van der Waals surface area contributed by atoms with Gasteiger partial charge in [0.15, 0.2) is 0 Å². The summed E-state index contributed by atoms with van der Waals surface area (Å²) in [5.41, 5.74) is 1.73. The lowest BCUT2D eigenvalue weighted by Gasteiger charge is -2.13. The van der Waals surface area contributed by atoms with Crippen LogP contribution in [0.25, 0.3) is 0 Å². The zero-order chi connectivity index (χ0) is 13.0. The number of halogens is 1. The predicted molar refractivity (Wildman–Crippen MR) is 73.1 cm³/mol. The van der Waals surface area contributed by atoms with Gasteiger partial charge < -0.3 is 5.32 Å². The Morgan fingerprint density at radius 2 is 2.17 bits per heavy atom. The van der Waals surface area contributed by atoms with E-state index in [1.807, 2.05) is 19.1 Å². The molecule has 1 N–H and O–H groups in total. The molecule has 2 rings (SSSR count). The molecule has 0 aliphatic heterocycles. The maximum atomic E-state index is 13.6. The first-order chi connectivity index (χ1) is 8.70. The fourth-order valence-corrected chi connectivity index (χ4v) is 2.53. The zero-order valence-corrected chi connectivity index (χ0v) is 11.4. The van der Waals surface area contributed by atoms with Gasteiger partial charge in [-0.3, -0.25) is 0 Å². The topological polar surface area (TPSA) is 24.9 Å². The van der Waals surface area contributed by atoms with E-state index in [0.717, 1.165) is 17.1 Å². The summed E-state index contributed by atoms with van der Waals surface area (Å²) in [5, 5.41) is 6.50. The van der Waals surface area contributed by atoms with E-state index in [1.165, 1.54) is 6.07 Å². The Labute approximate surface area is 111 Å². The van der Waals surface area contributed by atoms with Gasteiger partial charge >= 0.3 is 0 Å². The molecule has 0 unspecified atom stereocenters. The summed E-state index contributed by atoms with van der Waals surface area (Å²) in [7, 11) is 0. The largest absolute Gasteiger partial charge is 0.304 e. The summed E-state index contributed by atoms with van der Waals surface area (Å²) in [5.74, 6) is -0.162. The molecule has 0 bridgehead atoms. The number of benzene rings is 1. The lowest BCUT2D eigenvalue weighted by Crippen LogP contribution is -2.19. The van der Waals surface area contributed by atoms with Crippen LogP contribution >= 0.6 is 11.3 Å². The first-order valence-corrected chi connectivity index (χ1v) is 6.99. The second kappa shape index (κ2) is 6.07. The average Bonchev–Trinajstić information content (AvgIpc) is 2.84. The van der Waals surface area contributed by atoms with Crippen molar-refractivity contribution in [2.75, 3.05) is 0 Å². The minimum absolute atomic E-state index is 0.0158. The van der Waals surface area contributed by atoms with Crippen LogP contribution in [0.2, 0.25) is 0 Å². The molecule has 1 aromatic carbocycles. The number of nitrogens with zero attached hydrogens (tertiary/aromatic N) is 1. The molecule has 0 aliphatic rings. The van der Waals surface area contributed by atoms with Crippen LogP contribution in [0.4, 0.5) is 4.39 Å². The summed E-state index contributed by atoms with van der Waals surface area (Å²) in [6, 6.07) is 6.85. The highest BCUT2D eigenvalue weighted by atomic mass is 32.1. The number of rotatable bonds is 5. The monoisotopic (exact) mass is 264 g/mol. The van der Waals surface area contributed by atoms with Gasteiger partial charge in [0.05, 0.1) is 10.7 Å². The van der Waals surface area contributed by atoms with Gasteiger partial charge in [0.25, 0.3) is 0 Å². The first kappa shape index (κ1) is 13.2. The van der Waals surface area contributed by atoms with E-state index < -0.39 is 0 Å². The Bertz CT molecular complexity index is 510.